The van der Waals surface area contributed by atoms with E-state index in [4.69, 9.17) is 23.2 Å². The predicted octanol–water partition coefficient (Wildman–Crippen LogP) is 3.98. The minimum atomic E-state index is -3.60. The second kappa shape index (κ2) is 6.61. The molecule has 0 radical (unpaired) electrons. The molecule has 0 bridgehead atoms. The molecule has 1 saturated carbocycles. The van der Waals surface area contributed by atoms with Crippen molar-refractivity contribution in [3.8, 4) is 0 Å². The van der Waals surface area contributed by atoms with Crippen molar-refractivity contribution in [2.75, 3.05) is 5.75 Å². The van der Waals surface area contributed by atoms with E-state index < -0.39 is 15.9 Å². The van der Waals surface area contributed by atoms with E-state index in [1.165, 1.54) is 0 Å². The van der Waals surface area contributed by atoms with Gasteiger partial charge < -0.3 is 0 Å². The third kappa shape index (κ3) is 5.10. The molecule has 0 aliphatic heterocycles. The highest BCUT2D eigenvalue weighted by Gasteiger charge is 2.46. The monoisotopic (exact) mass is 377 g/mol. The molecule has 0 saturated heterocycles. The van der Waals surface area contributed by atoms with E-state index >= 15 is 0 Å². The van der Waals surface area contributed by atoms with Crippen molar-refractivity contribution in [2.45, 2.75) is 39.5 Å². The van der Waals surface area contributed by atoms with Gasteiger partial charge in [-0.25, -0.2) is 8.42 Å². The van der Waals surface area contributed by atoms with Crippen LogP contribution in [0.15, 0.2) is 18.2 Å². The summed E-state index contributed by atoms with van der Waals surface area (Å²) in [6.45, 7) is 5.88. The number of hydrogen-bond donors (Lipinski definition) is 1. The maximum Gasteiger partial charge on any atom is 0.237 e. The first-order chi connectivity index (χ1) is 10.5. The molecule has 2 unspecified atom stereocenters. The van der Waals surface area contributed by atoms with E-state index in [1.807, 2.05) is 26.8 Å². The summed E-state index contributed by atoms with van der Waals surface area (Å²) in [6.07, 6.45) is 1.07. The first kappa shape index (κ1) is 18.6. The van der Waals surface area contributed by atoms with Gasteiger partial charge >= 0.3 is 0 Å². The lowest BCUT2D eigenvalue weighted by Gasteiger charge is -2.17. The maximum atomic E-state index is 12.2. The molecular weight excluding hydrogens is 357 g/mol. The molecule has 2 rings (SSSR count). The third-order valence-corrected chi connectivity index (χ3v) is 5.97. The van der Waals surface area contributed by atoms with Gasteiger partial charge in [0.25, 0.3) is 0 Å². The van der Waals surface area contributed by atoms with Crippen molar-refractivity contribution in [3.63, 3.8) is 0 Å². The molecule has 1 aliphatic rings. The van der Waals surface area contributed by atoms with Crippen LogP contribution in [0.4, 0.5) is 0 Å². The Labute approximate surface area is 147 Å². The Morgan fingerprint density at radius 1 is 1.30 bits per heavy atom. The van der Waals surface area contributed by atoms with Crippen LogP contribution in [0.2, 0.25) is 10.0 Å². The number of hydrogen-bond acceptors (Lipinski definition) is 3. The van der Waals surface area contributed by atoms with Crippen molar-refractivity contribution in [1.29, 1.82) is 0 Å². The fourth-order valence-corrected chi connectivity index (χ4v) is 4.24. The summed E-state index contributed by atoms with van der Waals surface area (Å²) < 4.78 is 26.2. The normalized spacial score (nSPS) is 21.1. The molecule has 0 aromatic heterocycles. The molecule has 1 aliphatic carbocycles. The minimum Gasteiger partial charge on any atom is -0.274 e. The molecule has 0 spiro atoms. The Bertz CT molecular complexity index is 711. The van der Waals surface area contributed by atoms with Gasteiger partial charge in [-0.1, -0.05) is 56.1 Å². The highest BCUT2D eigenvalue weighted by molar-refractivity contribution is 7.90. The van der Waals surface area contributed by atoms with Crippen LogP contribution in [-0.2, 0) is 14.8 Å². The topological polar surface area (TPSA) is 63.2 Å². The average Bonchev–Trinajstić information content (AvgIpc) is 3.19. The van der Waals surface area contributed by atoms with Crippen molar-refractivity contribution in [2.24, 2.45) is 11.3 Å². The molecule has 23 heavy (non-hydrogen) atoms. The summed E-state index contributed by atoms with van der Waals surface area (Å²) >= 11 is 12.1. The number of amides is 1. The van der Waals surface area contributed by atoms with E-state index in [0.29, 0.717) is 22.9 Å². The summed E-state index contributed by atoms with van der Waals surface area (Å²) in [4.78, 5) is 12.2. The van der Waals surface area contributed by atoms with Crippen LogP contribution in [0, 0.1) is 11.3 Å². The first-order valence-electron chi connectivity index (χ1n) is 7.48. The second-order valence-corrected chi connectivity index (χ2v) is 9.81. The highest BCUT2D eigenvalue weighted by atomic mass is 35.5. The van der Waals surface area contributed by atoms with Gasteiger partial charge in [-0.15, -0.1) is 0 Å². The number of halogens is 2. The Kier molecular flexibility index (Phi) is 5.34. The lowest BCUT2D eigenvalue weighted by molar-refractivity contribution is -0.120. The average molecular weight is 378 g/mol. The van der Waals surface area contributed by atoms with Gasteiger partial charge in [-0.3, -0.25) is 9.52 Å². The fraction of sp³-hybridized carbons (Fsp3) is 0.562. The molecule has 128 valence electrons. The summed E-state index contributed by atoms with van der Waals surface area (Å²) in [7, 11) is -3.60. The van der Waals surface area contributed by atoms with Gasteiger partial charge in [0.05, 0.1) is 15.8 Å². The zero-order valence-corrected chi connectivity index (χ0v) is 15.7. The van der Waals surface area contributed by atoms with E-state index in [1.54, 1.807) is 12.1 Å². The zero-order valence-electron chi connectivity index (χ0n) is 13.4. The summed E-state index contributed by atoms with van der Waals surface area (Å²) in [6, 6.07) is 5.28. The minimum absolute atomic E-state index is 0.0580. The summed E-state index contributed by atoms with van der Waals surface area (Å²) in [5, 5.41) is 0.873. The van der Waals surface area contributed by atoms with Gasteiger partial charge in [0, 0.05) is 5.92 Å². The Hall–Kier alpha value is -0.780. The Morgan fingerprint density at radius 3 is 2.57 bits per heavy atom. The van der Waals surface area contributed by atoms with Gasteiger partial charge in [0.2, 0.25) is 15.9 Å². The maximum absolute atomic E-state index is 12.2. The second-order valence-electron chi connectivity index (χ2n) is 7.19. The number of benzene rings is 1. The van der Waals surface area contributed by atoms with Gasteiger partial charge in [-0.2, -0.15) is 0 Å². The molecule has 0 heterocycles. The molecule has 1 N–H and O–H groups in total. The van der Waals surface area contributed by atoms with Crippen molar-refractivity contribution < 1.29 is 13.2 Å². The van der Waals surface area contributed by atoms with Crippen LogP contribution >= 0.6 is 23.2 Å². The molecule has 2 atom stereocenters. The quantitative estimate of drug-likeness (QED) is 0.843. The van der Waals surface area contributed by atoms with Crippen molar-refractivity contribution in [1.82, 2.24) is 4.72 Å². The SMILES string of the molecule is CC(C)(C)CCS(=O)(=O)NC(=O)C1CC1c1cccc(Cl)c1Cl. The van der Waals surface area contributed by atoms with Crippen LogP contribution in [0.3, 0.4) is 0 Å². The largest absolute Gasteiger partial charge is 0.274 e. The lowest BCUT2D eigenvalue weighted by Crippen LogP contribution is -2.35. The van der Waals surface area contributed by atoms with Crippen LogP contribution in [0.1, 0.15) is 45.1 Å². The number of sulfonamides is 1. The third-order valence-electron chi connectivity index (χ3n) is 3.89. The van der Waals surface area contributed by atoms with E-state index in [9.17, 15) is 13.2 Å². The van der Waals surface area contributed by atoms with E-state index in [-0.39, 0.29) is 23.0 Å². The van der Waals surface area contributed by atoms with Crippen molar-refractivity contribution >= 4 is 39.1 Å². The number of carbonyl (C=O) groups is 1. The summed E-state index contributed by atoms with van der Waals surface area (Å²) in [5.41, 5.74) is 0.695. The van der Waals surface area contributed by atoms with Crippen LogP contribution in [-0.4, -0.2) is 20.1 Å². The first-order valence-corrected chi connectivity index (χ1v) is 9.89. The molecule has 4 nitrogen and oxygen atoms in total. The lowest BCUT2D eigenvalue weighted by atomic mass is 9.94. The Balaban J connectivity index is 1.97. The van der Waals surface area contributed by atoms with E-state index in [0.717, 1.165) is 5.56 Å². The van der Waals surface area contributed by atoms with Crippen LogP contribution < -0.4 is 4.72 Å². The highest BCUT2D eigenvalue weighted by Crippen LogP contribution is 2.50. The van der Waals surface area contributed by atoms with Crippen LogP contribution in [0.5, 0.6) is 0 Å². The molecule has 7 heteroatoms. The van der Waals surface area contributed by atoms with Crippen molar-refractivity contribution in [3.05, 3.63) is 33.8 Å². The number of carbonyl (C=O) groups excluding carboxylic acids is 1. The number of rotatable bonds is 5. The molecule has 1 aromatic carbocycles. The van der Waals surface area contributed by atoms with Crippen LogP contribution in [0.25, 0.3) is 0 Å². The smallest absolute Gasteiger partial charge is 0.237 e. The van der Waals surface area contributed by atoms with Gasteiger partial charge in [0.15, 0.2) is 0 Å². The zero-order chi connectivity index (χ0) is 17.4. The Morgan fingerprint density at radius 2 is 1.96 bits per heavy atom. The fourth-order valence-electron chi connectivity index (χ4n) is 2.36. The summed E-state index contributed by atoms with van der Waals surface area (Å²) in [5.74, 6) is -0.952. The van der Waals surface area contributed by atoms with Gasteiger partial charge in [-0.05, 0) is 35.8 Å². The van der Waals surface area contributed by atoms with Gasteiger partial charge in [0.1, 0.15) is 0 Å². The number of nitrogens with one attached hydrogen (secondary N) is 1. The molecule has 1 fully saturated rings. The van der Waals surface area contributed by atoms with E-state index in [2.05, 4.69) is 4.72 Å². The molecule has 1 aromatic rings. The molecular formula is C16H21Cl2NO3S. The molecule has 1 amide bonds. The predicted molar refractivity (Wildman–Crippen MR) is 93.3 cm³/mol. The standard InChI is InChI=1S/C16H21Cl2NO3S/c1-16(2,3)7-8-23(21,22)19-15(20)12-9-11(12)10-5-4-6-13(17)14(10)18/h4-6,11-12H,7-9H2,1-3H3,(H,19,20).